The largest absolute Gasteiger partial charge is 0.393 e. The Balaban J connectivity index is 1.60. The second-order valence-electron chi connectivity index (χ2n) is 6.84. The molecule has 24 heavy (non-hydrogen) atoms. The van der Waals surface area contributed by atoms with Crippen LogP contribution in [0.15, 0.2) is 18.2 Å². The fourth-order valence-corrected chi connectivity index (χ4v) is 3.28. The lowest BCUT2D eigenvalue weighted by Gasteiger charge is -2.30. The van der Waals surface area contributed by atoms with E-state index in [0.29, 0.717) is 38.9 Å². The van der Waals surface area contributed by atoms with E-state index in [4.69, 9.17) is 0 Å². The maximum absolute atomic E-state index is 12.3. The Morgan fingerprint density at radius 3 is 2.58 bits per heavy atom. The van der Waals surface area contributed by atoms with Crippen LogP contribution in [0.25, 0.3) is 0 Å². The molecular weight excluding hydrogens is 306 g/mol. The lowest BCUT2D eigenvalue weighted by molar-refractivity contribution is -0.117. The third kappa shape index (κ3) is 3.53. The van der Waals surface area contributed by atoms with Crippen molar-refractivity contribution in [3.8, 4) is 0 Å². The molecule has 1 atom stereocenters. The number of carbonyl (C=O) groups excluding carboxylic acids is 2. The number of likely N-dealkylation sites (tertiary alicyclic amines) is 1. The van der Waals surface area contributed by atoms with Crippen LogP contribution < -0.4 is 10.2 Å². The highest BCUT2D eigenvalue weighted by atomic mass is 16.3. The van der Waals surface area contributed by atoms with Crippen molar-refractivity contribution in [3.63, 3.8) is 0 Å². The summed E-state index contributed by atoms with van der Waals surface area (Å²) in [6.45, 7) is 5.71. The number of benzene rings is 1. The number of urea groups is 1. The minimum Gasteiger partial charge on any atom is -0.393 e. The van der Waals surface area contributed by atoms with Crippen molar-refractivity contribution in [1.82, 2.24) is 10.2 Å². The minimum atomic E-state index is -0.303. The third-order valence-electron chi connectivity index (χ3n) is 5.01. The number of anilines is 1. The van der Waals surface area contributed by atoms with E-state index in [2.05, 4.69) is 5.32 Å². The Hall–Kier alpha value is -2.08. The molecule has 0 aromatic heterocycles. The molecule has 3 rings (SSSR count). The van der Waals surface area contributed by atoms with Crippen molar-refractivity contribution in [3.05, 3.63) is 29.3 Å². The normalized spacial score (nSPS) is 22.1. The molecule has 0 aliphatic carbocycles. The summed E-state index contributed by atoms with van der Waals surface area (Å²) in [5.74, 6) is 0.0395. The van der Waals surface area contributed by atoms with Crippen molar-refractivity contribution in [2.45, 2.75) is 45.3 Å². The average Bonchev–Trinajstić information content (AvgIpc) is 2.91. The van der Waals surface area contributed by atoms with Crippen molar-refractivity contribution in [1.29, 1.82) is 0 Å². The molecule has 6 nitrogen and oxygen atoms in total. The molecule has 1 aromatic rings. The fraction of sp³-hybridized carbons (Fsp3) is 0.556. The number of rotatable bonds is 2. The maximum Gasteiger partial charge on any atom is 0.317 e. The van der Waals surface area contributed by atoms with Gasteiger partial charge >= 0.3 is 6.03 Å². The quantitative estimate of drug-likeness (QED) is 0.864. The van der Waals surface area contributed by atoms with E-state index < -0.39 is 0 Å². The highest BCUT2D eigenvalue weighted by Crippen LogP contribution is 2.24. The van der Waals surface area contributed by atoms with E-state index in [-0.39, 0.29) is 24.1 Å². The molecule has 2 fully saturated rings. The first-order chi connectivity index (χ1) is 11.4. The first kappa shape index (κ1) is 16.8. The van der Waals surface area contributed by atoms with E-state index >= 15 is 0 Å². The van der Waals surface area contributed by atoms with Crippen LogP contribution >= 0.6 is 0 Å². The van der Waals surface area contributed by atoms with Crippen LogP contribution in [0.2, 0.25) is 0 Å². The van der Waals surface area contributed by atoms with Crippen LogP contribution in [0.1, 0.15) is 30.4 Å². The summed E-state index contributed by atoms with van der Waals surface area (Å²) in [4.78, 5) is 28.1. The van der Waals surface area contributed by atoms with Crippen LogP contribution in [0.3, 0.4) is 0 Å². The van der Waals surface area contributed by atoms with Gasteiger partial charge in [0.05, 0.1) is 12.1 Å². The molecule has 2 aliphatic heterocycles. The third-order valence-corrected chi connectivity index (χ3v) is 5.01. The van der Waals surface area contributed by atoms with Gasteiger partial charge in [0, 0.05) is 31.7 Å². The van der Waals surface area contributed by atoms with E-state index in [9.17, 15) is 14.7 Å². The number of nitrogens with zero attached hydrogens (tertiary/aromatic N) is 2. The van der Waals surface area contributed by atoms with Gasteiger partial charge in [0.2, 0.25) is 5.91 Å². The minimum absolute atomic E-state index is 0.0395. The number of carbonyl (C=O) groups is 2. The number of piperidine rings is 1. The average molecular weight is 331 g/mol. The van der Waals surface area contributed by atoms with E-state index in [1.807, 2.05) is 32.0 Å². The molecule has 2 saturated heterocycles. The summed E-state index contributed by atoms with van der Waals surface area (Å²) in [6.07, 6.45) is 1.26. The fourth-order valence-electron chi connectivity index (χ4n) is 3.28. The summed E-state index contributed by atoms with van der Waals surface area (Å²) in [7, 11) is 0. The number of aliphatic hydroxyl groups excluding tert-OH is 1. The molecule has 0 bridgehead atoms. The van der Waals surface area contributed by atoms with E-state index in [1.165, 1.54) is 5.56 Å². The van der Waals surface area contributed by atoms with Crippen molar-refractivity contribution in [2.24, 2.45) is 0 Å². The summed E-state index contributed by atoms with van der Waals surface area (Å²) in [6, 6.07) is 5.68. The van der Waals surface area contributed by atoms with Crippen LogP contribution in [-0.2, 0) is 4.79 Å². The second kappa shape index (κ2) is 6.81. The van der Waals surface area contributed by atoms with Crippen LogP contribution in [-0.4, -0.2) is 53.7 Å². The number of hydrogen-bond acceptors (Lipinski definition) is 3. The van der Waals surface area contributed by atoms with E-state index in [0.717, 1.165) is 11.3 Å². The summed E-state index contributed by atoms with van der Waals surface area (Å²) in [5.41, 5.74) is 3.24. The number of amides is 3. The number of hydrogen-bond donors (Lipinski definition) is 2. The number of aryl methyl sites for hydroxylation is 2. The van der Waals surface area contributed by atoms with E-state index in [1.54, 1.807) is 9.80 Å². The topological polar surface area (TPSA) is 72.9 Å². The zero-order chi connectivity index (χ0) is 17.3. The molecule has 2 aliphatic rings. The Kier molecular flexibility index (Phi) is 4.76. The van der Waals surface area contributed by atoms with Gasteiger partial charge in [-0.1, -0.05) is 6.07 Å². The lowest BCUT2D eigenvalue weighted by atomic mass is 10.1. The molecule has 0 spiro atoms. The first-order valence-corrected chi connectivity index (χ1v) is 8.55. The zero-order valence-corrected chi connectivity index (χ0v) is 14.3. The number of nitrogens with one attached hydrogen (secondary N) is 1. The molecule has 1 aromatic carbocycles. The Bertz CT molecular complexity index is 638. The first-order valence-electron chi connectivity index (χ1n) is 8.55. The monoisotopic (exact) mass is 331 g/mol. The maximum atomic E-state index is 12.3. The second-order valence-corrected chi connectivity index (χ2v) is 6.84. The molecule has 0 radical (unpaired) electrons. The Morgan fingerprint density at radius 2 is 1.92 bits per heavy atom. The Labute approximate surface area is 142 Å². The molecular formula is C18H25N3O3. The molecule has 2 heterocycles. The molecule has 6 heteroatoms. The smallest absolute Gasteiger partial charge is 0.317 e. The standard InChI is InChI=1S/C18H25N3O3/c1-12-3-4-15(9-13(12)2)21-11-14(10-17(21)23)19-18(24)20-7-5-16(22)6-8-20/h3-4,9,14,16,22H,5-8,10-11H2,1-2H3,(H,19,24)/t14-/m0/s1. The predicted molar refractivity (Wildman–Crippen MR) is 92.0 cm³/mol. The van der Waals surface area contributed by atoms with Gasteiger partial charge in [-0.05, 0) is 49.9 Å². The van der Waals surface area contributed by atoms with Gasteiger partial charge < -0.3 is 20.2 Å². The van der Waals surface area contributed by atoms with Gasteiger partial charge in [0.25, 0.3) is 0 Å². The van der Waals surface area contributed by atoms with Crippen LogP contribution in [0.5, 0.6) is 0 Å². The van der Waals surface area contributed by atoms with Gasteiger partial charge in [-0.25, -0.2) is 4.79 Å². The summed E-state index contributed by atoms with van der Waals surface area (Å²) >= 11 is 0. The summed E-state index contributed by atoms with van der Waals surface area (Å²) < 4.78 is 0. The van der Waals surface area contributed by atoms with Gasteiger partial charge in [-0.2, -0.15) is 0 Å². The van der Waals surface area contributed by atoms with Gasteiger partial charge in [-0.3, -0.25) is 4.79 Å². The molecule has 0 saturated carbocycles. The van der Waals surface area contributed by atoms with Crippen molar-refractivity contribution >= 4 is 17.6 Å². The van der Waals surface area contributed by atoms with Crippen LogP contribution in [0.4, 0.5) is 10.5 Å². The highest BCUT2D eigenvalue weighted by Gasteiger charge is 2.33. The highest BCUT2D eigenvalue weighted by molar-refractivity contribution is 5.96. The van der Waals surface area contributed by atoms with Crippen molar-refractivity contribution in [2.75, 3.05) is 24.5 Å². The van der Waals surface area contributed by atoms with Gasteiger partial charge in [-0.15, -0.1) is 0 Å². The van der Waals surface area contributed by atoms with Crippen molar-refractivity contribution < 1.29 is 14.7 Å². The van der Waals surface area contributed by atoms with Gasteiger partial charge in [0.15, 0.2) is 0 Å². The SMILES string of the molecule is Cc1ccc(N2C[C@@H](NC(=O)N3CCC(O)CC3)CC2=O)cc1C. The molecule has 3 amide bonds. The van der Waals surface area contributed by atoms with Gasteiger partial charge in [0.1, 0.15) is 0 Å². The van der Waals surface area contributed by atoms with Crippen LogP contribution in [0, 0.1) is 13.8 Å². The predicted octanol–water partition coefficient (Wildman–Crippen LogP) is 1.58. The summed E-state index contributed by atoms with van der Waals surface area (Å²) in [5, 5.41) is 12.5. The number of aliphatic hydroxyl groups is 1. The lowest BCUT2D eigenvalue weighted by Crippen LogP contribution is -2.49. The zero-order valence-electron chi connectivity index (χ0n) is 14.3. The molecule has 130 valence electrons. The molecule has 2 N–H and O–H groups in total. The Morgan fingerprint density at radius 1 is 1.21 bits per heavy atom. The molecule has 0 unspecified atom stereocenters.